The fraction of sp³-hybridized carbons (Fsp3) is 0.174. The van der Waals surface area contributed by atoms with Crippen LogP contribution in [0, 0.1) is 0 Å². The molecule has 2 aromatic carbocycles. The van der Waals surface area contributed by atoms with Crippen molar-refractivity contribution >= 4 is 5.91 Å². The van der Waals surface area contributed by atoms with E-state index in [1.807, 2.05) is 91.6 Å². The second-order valence-corrected chi connectivity index (χ2v) is 6.84. The van der Waals surface area contributed by atoms with Crippen molar-refractivity contribution in [1.29, 1.82) is 0 Å². The van der Waals surface area contributed by atoms with E-state index in [1.54, 1.807) is 15.8 Å². The molecule has 0 atom stereocenters. The minimum atomic E-state index is -0.0742. The van der Waals surface area contributed by atoms with Gasteiger partial charge in [0.05, 0.1) is 23.5 Å². The van der Waals surface area contributed by atoms with Crippen LogP contribution in [-0.2, 0) is 13.1 Å². The fourth-order valence-corrected chi connectivity index (χ4v) is 3.35. The maximum atomic E-state index is 13.4. The zero-order valence-electron chi connectivity index (χ0n) is 16.6. The molecule has 0 aliphatic rings. The van der Waals surface area contributed by atoms with Crippen LogP contribution in [0.2, 0.25) is 0 Å². The first-order valence-corrected chi connectivity index (χ1v) is 9.64. The van der Waals surface area contributed by atoms with Crippen LogP contribution >= 0.6 is 0 Å². The Morgan fingerprint density at radius 1 is 1.00 bits per heavy atom. The van der Waals surface area contributed by atoms with E-state index >= 15 is 0 Å². The van der Waals surface area contributed by atoms with Gasteiger partial charge in [-0.2, -0.15) is 10.2 Å². The van der Waals surface area contributed by atoms with Gasteiger partial charge in [-0.15, -0.1) is 0 Å². The molecule has 146 valence electrons. The molecule has 0 aliphatic heterocycles. The van der Waals surface area contributed by atoms with Crippen LogP contribution in [0.15, 0.2) is 79.1 Å². The summed E-state index contributed by atoms with van der Waals surface area (Å²) in [6.07, 6.45) is 3.58. The molecule has 0 fully saturated rings. The molecular weight excluding hydrogens is 362 g/mol. The predicted molar refractivity (Wildman–Crippen MR) is 113 cm³/mol. The molecule has 0 saturated heterocycles. The van der Waals surface area contributed by atoms with E-state index in [4.69, 9.17) is 5.10 Å². The van der Waals surface area contributed by atoms with Gasteiger partial charge in [-0.1, -0.05) is 48.5 Å². The van der Waals surface area contributed by atoms with E-state index in [9.17, 15) is 4.79 Å². The first-order valence-electron chi connectivity index (χ1n) is 9.64. The number of hydrogen-bond donors (Lipinski definition) is 0. The van der Waals surface area contributed by atoms with Crippen molar-refractivity contribution < 1.29 is 4.79 Å². The van der Waals surface area contributed by atoms with Gasteiger partial charge >= 0.3 is 0 Å². The maximum absolute atomic E-state index is 13.4. The zero-order valence-corrected chi connectivity index (χ0v) is 16.6. The van der Waals surface area contributed by atoms with Crippen LogP contribution < -0.4 is 0 Å². The normalized spacial score (nSPS) is 10.8. The Morgan fingerprint density at radius 3 is 2.38 bits per heavy atom. The summed E-state index contributed by atoms with van der Waals surface area (Å²) in [6, 6.07) is 21.6. The summed E-state index contributed by atoms with van der Waals surface area (Å²) in [5, 5.41) is 9.03. The molecule has 0 saturated carbocycles. The molecule has 0 spiro atoms. The lowest BCUT2D eigenvalue weighted by molar-refractivity contribution is 0.0782. The highest BCUT2D eigenvalue weighted by Gasteiger charge is 2.22. The molecule has 0 radical (unpaired) electrons. The molecule has 2 heterocycles. The van der Waals surface area contributed by atoms with Crippen LogP contribution in [-0.4, -0.2) is 37.4 Å². The van der Waals surface area contributed by atoms with Crippen molar-refractivity contribution in [2.75, 3.05) is 7.05 Å². The lowest BCUT2D eigenvalue weighted by atomic mass is 10.1. The van der Waals surface area contributed by atoms with Crippen LogP contribution in [0.3, 0.4) is 0 Å². The minimum Gasteiger partial charge on any atom is -0.336 e. The average Bonchev–Trinajstić information content (AvgIpc) is 3.41. The quantitative estimate of drug-likeness (QED) is 0.504. The highest BCUT2D eigenvalue weighted by molar-refractivity contribution is 5.99. The number of amides is 1. The molecular formula is C23H23N5O. The van der Waals surface area contributed by atoms with Crippen molar-refractivity contribution in [2.45, 2.75) is 20.0 Å². The Bertz CT molecular complexity index is 1100. The van der Waals surface area contributed by atoms with Gasteiger partial charge < -0.3 is 4.90 Å². The summed E-state index contributed by atoms with van der Waals surface area (Å²) in [4.78, 5) is 15.1. The van der Waals surface area contributed by atoms with Gasteiger partial charge in [-0.05, 0) is 25.1 Å². The van der Waals surface area contributed by atoms with Crippen molar-refractivity contribution in [3.63, 3.8) is 0 Å². The topological polar surface area (TPSA) is 56.0 Å². The molecule has 6 heteroatoms. The van der Waals surface area contributed by atoms with Gasteiger partial charge in [-0.3, -0.25) is 9.48 Å². The SMILES string of the molecule is CCn1nccc1CN(C)C(=O)c1cn(-c2ccccc2)nc1-c1ccccc1. The third kappa shape index (κ3) is 3.82. The summed E-state index contributed by atoms with van der Waals surface area (Å²) >= 11 is 0. The molecule has 0 aliphatic carbocycles. The number of rotatable bonds is 6. The molecule has 2 aromatic heterocycles. The Balaban J connectivity index is 1.71. The summed E-state index contributed by atoms with van der Waals surface area (Å²) < 4.78 is 3.66. The number of aromatic nitrogens is 4. The number of carbonyl (C=O) groups is 1. The van der Waals surface area contributed by atoms with Gasteiger partial charge in [0.25, 0.3) is 5.91 Å². The highest BCUT2D eigenvalue weighted by Crippen LogP contribution is 2.25. The molecule has 0 N–H and O–H groups in total. The van der Waals surface area contributed by atoms with Crippen LogP contribution in [0.1, 0.15) is 23.0 Å². The van der Waals surface area contributed by atoms with E-state index < -0.39 is 0 Å². The monoisotopic (exact) mass is 385 g/mol. The second kappa shape index (κ2) is 8.14. The molecule has 6 nitrogen and oxygen atoms in total. The van der Waals surface area contributed by atoms with E-state index in [0.717, 1.165) is 23.5 Å². The Morgan fingerprint density at radius 2 is 1.69 bits per heavy atom. The molecule has 4 rings (SSSR count). The fourth-order valence-electron chi connectivity index (χ4n) is 3.35. The van der Waals surface area contributed by atoms with Crippen molar-refractivity contribution in [3.8, 4) is 16.9 Å². The Hall–Kier alpha value is -3.67. The summed E-state index contributed by atoms with van der Waals surface area (Å²) in [5.41, 5.74) is 4.08. The smallest absolute Gasteiger partial charge is 0.257 e. The van der Waals surface area contributed by atoms with Crippen molar-refractivity contribution in [2.24, 2.45) is 0 Å². The summed E-state index contributed by atoms with van der Waals surface area (Å²) in [6.45, 7) is 3.29. The number of para-hydroxylation sites is 1. The van der Waals surface area contributed by atoms with Gasteiger partial charge in [0, 0.05) is 31.5 Å². The lowest BCUT2D eigenvalue weighted by Crippen LogP contribution is -2.27. The van der Waals surface area contributed by atoms with Crippen LogP contribution in [0.25, 0.3) is 16.9 Å². The third-order valence-electron chi connectivity index (χ3n) is 4.86. The number of aryl methyl sites for hydroxylation is 1. The van der Waals surface area contributed by atoms with E-state index in [0.29, 0.717) is 17.8 Å². The maximum Gasteiger partial charge on any atom is 0.257 e. The predicted octanol–water partition coefficient (Wildman–Crippen LogP) is 4.03. The van der Waals surface area contributed by atoms with E-state index in [-0.39, 0.29) is 5.91 Å². The van der Waals surface area contributed by atoms with Crippen molar-refractivity contribution in [3.05, 3.63) is 90.4 Å². The van der Waals surface area contributed by atoms with Crippen LogP contribution in [0.4, 0.5) is 0 Å². The summed E-state index contributed by atoms with van der Waals surface area (Å²) in [7, 11) is 1.81. The first kappa shape index (κ1) is 18.7. The first-order chi connectivity index (χ1) is 14.2. The Kier molecular flexibility index (Phi) is 5.24. The molecule has 29 heavy (non-hydrogen) atoms. The van der Waals surface area contributed by atoms with Gasteiger partial charge in [0.15, 0.2) is 0 Å². The minimum absolute atomic E-state index is 0.0742. The van der Waals surface area contributed by atoms with Crippen molar-refractivity contribution in [1.82, 2.24) is 24.5 Å². The summed E-state index contributed by atoms with van der Waals surface area (Å²) in [5.74, 6) is -0.0742. The number of benzene rings is 2. The number of carbonyl (C=O) groups excluding carboxylic acids is 1. The van der Waals surface area contributed by atoms with Gasteiger partial charge in [0.2, 0.25) is 0 Å². The highest BCUT2D eigenvalue weighted by atomic mass is 16.2. The van der Waals surface area contributed by atoms with Crippen LogP contribution in [0.5, 0.6) is 0 Å². The Labute approximate surface area is 170 Å². The molecule has 0 unspecified atom stereocenters. The molecule has 0 bridgehead atoms. The van der Waals surface area contributed by atoms with E-state index in [2.05, 4.69) is 5.10 Å². The average molecular weight is 385 g/mol. The molecule has 1 amide bonds. The number of nitrogens with zero attached hydrogens (tertiary/aromatic N) is 5. The second-order valence-electron chi connectivity index (χ2n) is 6.84. The lowest BCUT2D eigenvalue weighted by Gasteiger charge is -2.17. The standard InChI is InChI=1S/C23H23N5O/c1-3-27-20(14-15-24-27)16-26(2)23(29)21-17-28(19-12-8-5-9-13-19)25-22(21)18-10-6-4-7-11-18/h4-15,17H,3,16H2,1-2H3. The largest absolute Gasteiger partial charge is 0.336 e. The number of hydrogen-bond acceptors (Lipinski definition) is 3. The van der Waals surface area contributed by atoms with Gasteiger partial charge in [-0.25, -0.2) is 4.68 Å². The zero-order chi connectivity index (χ0) is 20.2. The molecule has 4 aromatic rings. The van der Waals surface area contributed by atoms with E-state index in [1.165, 1.54) is 0 Å². The van der Waals surface area contributed by atoms with Gasteiger partial charge in [0.1, 0.15) is 5.69 Å². The third-order valence-corrected chi connectivity index (χ3v) is 4.86.